The van der Waals surface area contributed by atoms with Gasteiger partial charge in [-0.05, 0) is 49.5 Å². The number of anilines is 1. The molecule has 0 amide bonds. The van der Waals surface area contributed by atoms with Gasteiger partial charge < -0.3 is 10.0 Å². The van der Waals surface area contributed by atoms with E-state index in [2.05, 4.69) is 11.8 Å². The molecule has 1 atom stereocenters. The highest BCUT2D eigenvalue weighted by atomic mass is 35.5. The van der Waals surface area contributed by atoms with E-state index in [1.165, 1.54) is 12.8 Å². The molecule has 1 saturated carbocycles. The number of carboxylic acid groups (broad SMARTS) is 1. The molecule has 4 heteroatoms. The lowest BCUT2D eigenvalue weighted by Crippen LogP contribution is -2.31. The number of hydrogen-bond acceptors (Lipinski definition) is 2. The zero-order valence-electron chi connectivity index (χ0n) is 11.1. The van der Waals surface area contributed by atoms with Gasteiger partial charge in [0, 0.05) is 29.9 Å². The lowest BCUT2D eigenvalue weighted by Gasteiger charge is -2.28. The molecule has 1 fully saturated rings. The van der Waals surface area contributed by atoms with Gasteiger partial charge in [-0.3, -0.25) is 0 Å². The Morgan fingerprint density at radius 2 is 2.21 bits per heavy atom. The first-order valence-corrected chi connectivity index (χ1v) is 6.80. The summed E-state index contributed by atoms with van der Waals surface area (Å²) in [6.45, 7) is 2.20. The van der Waals surface area contributed by atoms with E-state index in [-0.39, 0.29) is 0 Å². The number of benzene rings is 1. The van der Waals surface area contributed by atoms with Crippen molar-refractivity contribution < 1.29 is 9.90 Å². The Morgan fingerprint density at radius 1 is 1.53 bits per heavy atom. The van der Waals surface area contributed by atoms with Crippen molar-refractivity contribution in [3.05, 3.63) is 34.9 Å². The van der Waals surface area contributed by atoms with Crippen LogP contribution < -0.4 is 4.90 Å². The maximum absolute atomic E-state index is 10.6. The van der Waals surface area contributed by atoms with E-state index in [1.54, 1.807) is 12.1 Å². The smallest absolute Gasteiger partial charge is 0.328 e. The fourth-order valence-electron chi connectivity index (χ4n) is 2.24. The number of aliphatic carboxylic acids is 1. The third-order valence-electron chi connectivity index (χ3n) is 3.69. The maximum Gasteiger partial charge on any atom is 0.328 e. The van der Waals surface area contributed by atoms with Gasteiger partial charge >= 0.3 is 5.97 Å². The summed E-state index contributed by atoms with van der Waals surface area (Å²) in [4.78, 5) is 12.8. The lowest BCUT2D eigenvalue weighted by atomic mass is 10.1. The van der Waals surface area contributed by atoms with Crippen LogP contribution in [0.25, 0.3) is 6.08 Å². The number of rotatable bonds is 5. The van der Waals surface area contributed by atoms with Gasteiger partial charge in [-0.2, -0.15) is 0 Å². The molecule has 1 aromatic rings. The predicted molar refractivity (Wildman–Crippen MR) is 78.7 cm³/mol. The molecule has 0 radical (unpaired) electrons. The van der Waals surface area contributed by atoms with Crippen LogP contribution >= 0.6 is 11.6 Å². The quantitative estimate of drug-likeness (QED) is 0.836. The van der Waals surface area contributed by atoms with Crippen LogP contribution in [0, 0.1) is 5.92 Å². The van der Waals surface area contributed by atoms with E-state index < -0.39 is 5.97 Å². The molecule has 1 aromatic carbocycles. The Morgan fingerprint density at radius 3 is 2.79 bits per heavy atom. The molecule has 1 aliphatic rings. The minimum absolute atomic E-state index is 0.440. The zero-order chi connectivity index (χ0) is 14.0. The molecule has 0 bridgehead atoms. The molecule has 0 spiro atoms. The van der Waals surface area contributed by atoms with Crippen molar-refractivity contribution in [2.75, 3.05) is 11.9 Å². The Balaban J connectivity index is 2.30. The Labute approximate surface area is 118 Å². The first-order valence-electron chi connectivity index (χ1n) is 6.42. The van der Waals surface area contributed by atoms with Crippen molar-refractivity contribution in [1.82, 2.24) is 0 Å². The molecular weight excluding hydrogens is 262 g/mol. The predicted octanol–water partition coefficient (Wildman–Crippen LogP) is 3.67. The van der Waals surface area contributed by atoms with Gasteiger partial charge in [-0.25, -0.2) is 4.79 Å². The van der Waals surface area contributed by atoms with Crippen LogP contribution in [0.15, 0.2) is 24.3 Å². The maximum atomic E-state index is 10.6. The van der Waals surface area contributed by atoms with Crippen molar-refractivity contribution in [3.63, 3.8) is 0 Å². The highest BCUT2D eigenvalue weighted by Crippen LogP contribution is 2.37. The largest absolute Gasteiger partial charge is 0.478 e. The SMILES string of the molecule is CC(C1CC1)N(C)c1cc(Cl)ccc1/C=C/C(=O)O. The van der Waals surface area contributed by atoms with Gasteiger partial charge in [0.1, 0.15) is 0 Å². The van der Waals surface area contributed by atoms with Gasteiger partial charge in [0.25, 0.3) is 0 Å². The summed E-state index contributed by atoms with van der Waals surface area (Å²) in [5, 5.41) is 9.40. The average molecular weight is 280 g/mol. The summed E-state index contributed by atoms with van der Waals surface area (Å²) >= 11 is 6.06. The third kappa shape index (κ3) is 3.51. The molecule has 0 heterocycles. The molecule has 1 unspecified atom stereocenters. The average Bonchev–Trinajstić information content (AvgIpc) is 3.19. The topological polar surface area (TPSA) is 40.5 Å². The number of halogens is 1. The summed E-state index contributed by atoms with van der Waals surface area (Å²) in [5.74, 6) is -0.209. The second kappa shape index (κ2) is 5.66. The highest BCUT2D eigenvalue weighted by molar-refractivity contribution is 6.31. The van der Waals surface area contributed by atoms with E-state index in [0.717, 1.165) is 23.2 Å². The summed E-state index contributed by atoms with van der Waals surface area (Å²) in [6.07, 6.45) is 5.31. The minimum atomic E-state index is -0.946. The van der Waals surface area contributed by atoms with Gasteiger partial charge in [0.05, 0.1) is 0 Å². The highest BCUT2D eigenvalue weighted by Gasteiger charge is 2.31. The molecule has 102 valence electrons. The van der Waals surface area contributed by atoms with Crippen LogP contribution in [0.2, 0.25) is 5.02 Å². The van der Waals surface area contributed by atoms with Crippen molar-refractivity contribution >= 4 is 29.3 Å². The van der Waals surface area contributed by atoms with Crippen LogP contribution in [0.1, 0.15) is 25.3 Å². The van der Waals surface area contributed by atoms with Gasteiger partial charge in [-0.15, -0.1) is 0 Å². The number of hydrogen-bond donors (Lipinski definition) is 1. The first-order chi connectivity index (χ1) is 8.99. The second-order valence-electron chi connectivity index (χ2n) is 5.06. The molecule has 0 aliphatic heterocycles. The second-order valence-corrected chi connectivity index (χ2v) is 5.50. The Kier molecular flexibility index (Phi) is 4.15. The molecule has 3 nitrogen and oxygen atoms in total. The van der Waals surface area contributed by atoms with Crippen LogP contribution in [0.3, 0.4) is 0 Å². The minimum Gasteiger partial charge on any atom is -0.478 e. The van der Waals surface area contributed by atoms with E-state index >= 15 is 0 Å². The Bertz CT molecular complexity index is 509. The van der Waals surface area contributed by atoms with Crippen LogP contribution in [-0.2, 0) is 4.79 Å². The normalized spacial score (nSPS) is 16.6. The van der Waals surface area contributed by atoms with Gasteiger partial charge in [0.15, 0.2) is 0 Å². The summed E-state index contributed by atoms with van der Waals surface area (Å²) in [7, 11) is 2.03. The fourth-order valence-corrected chi connectivity index (χ4v) is 2.40. The fraction of sp³-hybridized carbons (Fsp3) is 0.400. The number of carboxylic acids is 1. The Hall–Kier alpha value is -1.48. The van der Waals surface area contributed by atoms with Crippen molar-refractivity contribution in [3.8, 4) is 0 Å². The third-order valence-corrected chi connectivity index (χ3v) is 3.93. The summed E-state index contributed by atoms with van der Waals surface area (Å²) in [6, 6.07) is 5.97. The zero-order valence-corrected chi connectivity index (χ0v) is 11.9. The van der Waals surface area contributed by atoms with E-state index in [4.69, 9.17) is 16.7 Å². The number of carbonyl (C=O) groups is 1. The summed E-state index contributed by atoms with van der Waals surface area (Å²) in [5.41, 5.74) is 1.85. The van der Waals surface area contributed by atoms with Gasteiger partial charge in [0.2, 0.25) is 0 Å². The molecule has 1 aliphatic carbocycles. The van der Waals surface area contributed by atoms with Crippen LogP contribution in [-0.4, -0.2) is 24.2 Å². The van der Waals surface area contributed by atoms with Crippen molar-refractivity contribution in [2.24, 2.45) is 5.92 Å². The van der Waals surface area contributed by atoms with Crippen molar-refractivity contribution in [1.29, 1.82) is 0 Å². The molecular formula is C15H18ClNO2. The molecule has 0 aromatic heterocycles. The van der Waals surface area contributed by atoms with Crippen LogP contribution in [0.4, 0.5) is 5.69 Å². The monoisotopic (exact) mass is 279 g/mol. The molecule has 0 saturated heterocycles. The van der Waals surface area contributed by atoms with Crippen molar-refractivity contribution in [2.45, 2.75) is 25.8 Å². The standard InChI is InChI=1S/C15H18ClNO2/c1-10(11-3-4-11)17(2)14-9-13(16)7-5-12(14)6-8-15(18)19/h5-11H,3-4H2,1-2H3,(H,18,19)/b8-6+. The van der Waals surface area contributed by atoms with E-state index in [0.29, 0.717) is 11.1 Å². The van der Waals surface area contributed by atoms with E-state index in [1.807, 2.05) is 19.2 Å². The molecule has 1 N–H and O–H groups in total. The first kappa shape index (κ1) is 13.9. The number of nitrogens with zero attached hydrogens (tertiary/aromatic N) is 1. The molecule has 19 heavy (non-hydrogen) atoms. The van der Waals surface area contributed by atoms with E-state index in [9.17, 15) is 4.79 Å². The van der Waals surface area contributed by atoms with Crippen LogP contribution in [0.5, 0.6) is 0 Å². The summed E-state index contributed by atoms with van der Waals surface area (Å²) < 4.78 is 0. The van der Waals surface area contributed by atoms with Gasteiger partial charge in [-0.1, -0.05) is 17.7 Å². The lowest BCUT2D eigenvalue weighted by molar-refractivity contribution is -0.131. The molecule has 2 rings (SSSR count).